The van der Waals surface area contributed by atoms with E-state index in [-0.39, 0.29) is 31.0 Å². The lowest BCUT2D eigenvalue weighted by molar-refractivity contribution is -0.143. The summed E-state index contributed by atoms with van der Waals surface area (Å²) in [6.07, 6.45) is 0.441. The molecule has 0 aliphatic rings. The van der Waals surface area contributed by atoms with E-state index in [0.29, 0.717) is 27.8 Å². The van der Waals surface area contributed by atoms with Gasteiger partial charge in [-0.2, -0.15) is 0 Å². The summed E-state index contributed by atoms with van der Waals surface area (Å²) in [5.74, 6) is 0.0524. The third-order valence-electron chi connectivity index (χ3n) is 4.56. The van der Waals surface area contributed by atoms with Crippen molar-refractivity contribution in [2.75, 3.05) is 6.61 Å². The van der Waals surface area contributed by atoms with E-state index in [1.54, 1.807) is 24.3 Å². The quantitative estimate of drug-likeness (QED) is 0.583. The summed E-state index contributed by atoms with van der Waals surface area (Å²) in [5.41, 5.74) is 1.63. The minimum absolute atomic E-state index is 0.0454. The van der Waals surface area contributed by atoms with Crippen LogP contribution < -0.4 is 10.1 Å². The SMILES string of the molecule is CC[C@@H](C(=O)NC(C)C)N(Cc1c(Cl)cccc1Cl)C(=O)COc1cccc(C)c1. The monoisotopic (exact) mass is 450 g/mol. The number of aryl methyl sites for hydroxylation is 1. The van der Waals surface area contributed by atoms with Gasteiger partial charge >= 0.3 is 0 Å². The van der Waals surface area contributed by atoms with Crippen molar-refractivity contribution in [2.45, 2.75) is 52.7 Å². The second-order valence-corrected chi connectivity index (χ2v) is 8.23. The van der Waals surface area contributed by atoms with E-state index in [9.17, 15) is 9.59 Å². The molecule has 0 fully saturated rings. The number of carbonyl (C=O) groups is 2. The van der Waals surface area contributed by atoms with Crippen LogP contribution in [0.1, 0.15) is 38.3 Å². The van der Waals surface area contributed by atoms with Crippen LogP contribution in [0.15, 0.2) is 42.5 Å². The summed E-state index contributed by atoms with van der Waals surface area (Å²) in [7, 11) is 0. The zero-order valence-corrected chi connectivity index (χ0v) is 19.3. The lowest BCUT2D eigenvalue weighted by atomic mass is 10.1. The standard InChI is InChI=1S/C23H28Cl2N2O3/c1-5-21(23(29)26-15(2)3)27(13-18-19(24)10-7-11-20(18)25)22(28)14-30-17-9-6-8-16(4)12-17/h6-12,15,21H,5,13-14H2,1-4H3,(H,26,29)/t21-/m0/s1. The lowest BCUT2D eigenvalue weighted by Crippen LogP contribution is -2.51. The van der Waals surface area contributed by atoms with Gasteiger partial charge in [-0.15, -0.1) is 0 Å². The molecule has 0 aliphatic heterocycles. The summed E-state index contributed by atoms with van der Waals surface area (Å²) >= 11 is 12.7. The Kier molecular flexibility index (Phi) is 9.00. The molecule has 0 saturated heterocycles. The average Bonchev–Trinajstić information content (AvgIpc) is 2.67. The number of nitrogens with one attached hydrogen (secondary N) is 1. The largest absolute Gasteiger partial charge is 0.484 e. The van der Waals surface area contributed by atoms with Crippen molar-refractivity contribution in [3.05, 3.63) is 63.6 Å². The van der Waals surface area contributed by atoms with Crippen molar-refractivity contribution < 1.29 is 14.3 Å². The molecule has 0 heterocycles. The first-order valence-corrected chi connectivity index (χ1v) is 10.7. The minimum atomic E-state index is -0.673. The Labute approximate surface area is 188 Å². The smallest absolute Gasteiger partial charge is 0.261 e. The number of ether oxygens (including phenoxy) is 1. The van der Waals surface area contributed by atoms with Gasteiger partial charge in [-0.05, 0) is 57.0 Å². The topological polar surface area (TPSA) is 58.6 Å². The molecule has 2 rings (SSSR count). The van der Waals surface area contributed by atoms with E-state index in [4.69, 9.17) is 27.9 Å². The van der Waals surface area contributed by atoms with Gasteiger partial charge in [0.15, 0.2) is 6.61 Å². The Balaban J connectivity index is 2.28. The highest BCUT2D eigenvalue weighted by Crippen LogP contribution is 2.27. The summed E-state index contributed by atoms with van der Waals surface area (Å²) < 4.78 is 5.69. The second-order valence-electron chi connectivity index (χ2n) is 7.41. The highest BCUT2D eigenvalue weighted by molar-refractivity contribution is 6.36. The molecule has 2 aromatic rings. The fraction of sp³-hybridized carbons (Fsp3) is 0.391. The molecule has 1 atom stereocenters. The van der Waals surface area contributed by atoms with Crippen molar-refractivity contribution in [2.24, 2.45) is 0 Å². The molecule has 0 aromatic heterocycles. The van der Waals surface area contributed by atoms with Crippen LogP contribution in [-0.4, -0.2) is 35.4 Å². The second kappa shape index (κ2) is 11.2. The first-order valence-electron chi connectivity index (χ1n) is 9.95. The molecule has 7 heteroatoms. The number of amides is 2. The van der Waals surface area contributed by atoms with Crippen LogP contribution in [0.3, 0.4) is 0 Å². The lowest BCUT2D eigenvalue weighted by Gasteiger charge is -2.31. The summed E-state index contributed by atoms with van der Waals surface area (Å²) in [4.78, 5) is 27.4. The van der Waals surface area contributed by atoms with Gasteiger partial charge in [0.05, 0.1) is 0 Å². The average molecular weight is 451 g/mol. The van der Waals surface area contributed by atoms with Gasteiger partial charge in [0, 0.05) is 28.2 Å². The molecule has 2 amide bonds. The maximum atomic E-state index is 13.2. The van der Waals surface area contributed by atoms with E-state index < -0.39 is 6.04 Å². The molecule has 162 valence electrons. The number of hydrogen-bond acceptors (Lipinski definition) is 3. The number of rotatable bonds is 9. The predicted octanol–water partition coefficient (Wildman–Crippen LogP) is 5.01. The summed E-state index contributed by atoms with van der Waals surface area (Å²) in [5, 5.41) is 3.77. The van der Waals surface area contributed by atoms with Crippen LogP contribution in [-0.2, 0) is 16.1 Å². The molecule has 0 bridgehead atoms. The number of halogens is 2. The van der Waals surface area contributed by atoms with Gasteiger partial charge in [-0.25, -0.2) is 0 Å². The van der Waals surface area contributed by atoms with Crippen molar-refractivity contribution in [3.8, 4) is 5.75 Å². The molecule has 30 heavy (non-hydrogen) atoms. The summed E-state index contributed by atoms with van der Waals surface area (Å²) in [6.45, 7) is 7.48. The normalized spacial score (nSPS) is 11.8. The molecule has 0 saturated carbocycles. The number of benzene rings is 2. The molecule has 0 aliphatic carbocycles. The molecule has 0 radical (unpaired) electrons. The minimum Gasteiger partial charge on any atom is -0.484 e. The highest BCUT2D eigenvalue weighted by Gasteiger charge is 2.30. The van der Waals surface area contributed by atoms with E-state index in [0.717, 1.165) is 5.56 Å². The Bertz CT molecular complexity index is 866. The van der Waals surface area contributed by atoms with E-state index in [1.165, 1.54) is 4.90 Å². The predicted molar refractivity (Wildman–Crippen MR) is 121 cm³/mol. The molecular weight excluding hydrogens is 423 g/mol. The third kappa shape index (κ3) is 6.64. The highest BCUT2D eigenvalue weighted by atomic mass is 35.5. The fourth-order valence-electron chi connectivity index (χ4n) is 3.09. The van der Waals surface area contributed by atoms with Gasteiger partial charge in [-0.1, -0.05) is 48.3 Å². The Morgan fingerprint density at radius 3 is 2.30 bits per heavy atom. The molecular formula is C23H28Cl2N2O3. The maximum Gasteiger partial charge on any atom is 0.261 e. The Morgan fingerprint density at radius 2 is 1.73 bits per heavy atom. The van der Waals surface area contributed by atoms with E-state index in [2.05, 4.69) is 5.32 Å². The number of hydrogen-bond donors (Lipinski definition) is 1. The van der Waals surface area contributed by atoms with Gasteiger partial charge in [0.25, 0.3) is 5.91 Å². The van der Waals surface area contributed by atoms with E-state index >= 15 is 0 Å². The third-order valence-corrected chi connectivity index (χ3v) is 5.27. The zero-order chi connectivity index (χ0) is 22.3. The van der Waals surface area contributed by atoms with Crippen molar-refractivity contribution in [3.63, 3.8) is 0 Å². The molecule has 0 spiro atoms. The van der Waals surface area contributed by atoms with Crippen molar-refractivity contribution in [1.29, 1.82) is 0 Å². The zero-order valence-electron chi connectivity index (χ0n) is 17.7. The molecule has 0 unspecified atom stereocenters. The molecule has 2 aromatic carbocycles. The van der Waals surface area contributed by atoms with Crippen LogP contribution >= 0.6 is 23.2 Å². The van der Waals surface area contributed by atoms with Gasteiger partial charge in [-0.3, -0.25) is 9.59 Å². The Hall–Kier alpha value is -2.24. The van der Waals surface area contributed by atoms with Crippen molar-refractivity contribution in [1.82, 2.24) is 10.2 Å². The molecule has 5 nitrogen and oxygen atoms in total. The van der Waals surface area contributed by atoms with E-state index in [1.807, 2.05) is 45.9 Å². The van der Waals surface area contributed by atoms with Crippen LogP contribution in [0.5, 0.6) is 5.75 Å². The summed E-state index contributed by atoms with van der Waals surface area (Å²) in [6, 6.07) is 11.9. The van der Waals surface area contributed by atoms with Gasteiger partial charge in [0.1, 0.15) is 11.8 Å². The number of nitrogens with zero attached hydrogens (tertiary/aromatic N) is 1. The fourth-order valence-corrected chi connectivity index (χ4v) is 3.60. The van der Waals surface area contributed by atoms with Crippen LogP contribution in [0.4, 0.5) is 0 Å². The van der Waals surface area contributed by atoms with Crippen LogP contribution in [0, 0.1) is 6.92 Å². The Morgan fingerprint density at radius 1 is 1.10 bits per heavy atom. The van der Waals surface area contributed by atoms with Crippen LogP contribution in [0.25, 0.3) is 0 Å². The molecule has 1 N–H and O–H groups in total. The first kappa shape index (κ1) is 24.0. The number of carbonyl (C=O) groups excluding carboxylic acids is 2. The van der Waals surface area contributed by atoms with Crippen LogP contribution in [0.2, 0.25) is 10.0 Å². The van der Waals surface area contributed by atoms with Crippen molar-refractivity contribution >= 4 is 35.0 Å². The van der Waals surface area contributed by atoms with Gasteiger partial charge in [0.2, 0.25) is 5.91 Å². The first-order chi connectivity index (χ1) is 14.2. The maximum absolute atomic E-state index is 13.2. The van der Waals surface area contributed by atoms with Gasteiger partial charge < -0.3 is 15.0 Å².